The van der Waals surface area contributed by atoms with E-state index in [1.807, 2.05) is 0 Å². The van der Waals surface area contributed by atoms with E-state index in [0.717, 1.165) is 22.3 Å². The second kappa shape index (κ2) is 5.96. The number of thiazole rings is 1. The Morgan fingerprint density at radius 3 is 2.36 bits per heavy atom. The molecule has 2 rings (SSSR count). The Kier molecular flexibility index (Phi) is 4.41. The fourth-order valence-electron chi connectivity index (χ4n) is 1.81. The number of primary amides is 1. The zero-order chi connectivity index (χ0) is 16.5. The van der Waals surface area contributed by atoms with E-state index in [0.29, 0.717) is 5.69 Å². The maximum absolute atomic E-state index is 12.6. The summed E-state index contributed by atoms with van der Waals surface area (Å²) in [6.45, 7) is 1.69. The van der Waals surface area contributed by atoms with E-state index in [2.05, 4.69) is 4.98 Å². The highest BCUT2D eigenvalue weighted by Crippen LogP contribution is 2.34. The summed E-state index contributed by atoms with van der Waals surface area (Å²) in [7, 11) is 1.63. The molecule has 1 amide bonds. The number of halogens is 3. The van der Waals surface area contributed by atoms with E-state index < -0.39 is 23.7 Å². The molecule has 2 N–H and O–H groups in total. The van der Waals surface area contributed by atoms with Crippen molar-refractivity contribution in [3.05, 3.63) is 40.9 Å². The Labute approximate surface area is 129 Å². The van der Waals surface area contributed by atoms with Crippen LogP contribution < -0.4 is 10.6 Å². The molecule has 1 heterocycles. The molecule has 0 saturated carbocycles. The van der Waals surface area contributed by atoms with Gasteiger partial charge >= 0.3 is 6.18 Å². The monoisotopic (exact) mass is 329 g/mol. The minimum Gasteiger partial charge on any atom is -0.369 e. The summed E-state index contributed by atoms with van der Waals surface area (Å²) < 4.78 is 37.7. The van der Waals surface area contributed by atoms with Crippen LogP contribution in [0.1, 0.15) is 24.1 Å². The van der Waals surface area contributed by atoms with Crippen molar-refractivity contribution in [1.29, 1.82) is 0 Å². The van der Waals surface area contributed by atoms with Crippen LogP contribution in [0, 0.1) is 0 Å². The molecular weight excluding hydrogens is 315 g/mol. The van der Waals surface area contributed by atoms with Gasteiger partial charge in [-0.3, -0.25) is 4.79 Å². The molecule has 1 atom stereocenters. The van der Waals surface area contributed by atoms with Crippen LogP contribution >= 0.6 is 11.3 Å². The molecule has 8 heteroatoms. The van der Waals surface area contributed by atoms with Crippen molar-refractivity contribution < 1.29 is 18.0 Å². The van der Waals surface area contributed by atoms with E-state index in [1.165, 1.54) is 0 Å². The molecule has 0 fully saturated rings. The average Bonchev–Trinajstić information content (AvgIpc) is 2.95. The van der Waals surface area contributed by atoms with Crippen LogP contribution in [0.2, 0.25) is 0 Å². The van der Waals surface area contributed by atoms with Gasteiger partial charge in [0.15, 0.2) is 10.8 Å². The van der Waals surface area contributed by atoms with Crippen LogP contribution in [0.25, 0.3) is 0 Å². The summed E-state index contributed by atoms with van der Waals surface area (Å²) in [5.74, 6) is -0.855. The summed E-state index contributed by atoms with van der Waals surface area (Å²) >= 11 is 0.915. The van der Waals surface area contributed by atoms with Crippen molar-refractivity contribution in [3.63, 3.8) is 0 Å². The fraction of sp³-hybridized carbons (Fsp3) is 0.286. The first-order valence-electron chi connectivity index (χ1n) is 6.36. The number of amides is 1. The number of rotatable bonds is 4. The van der Waals surface area contributed by atoms with Crippen LogP contribution in [-0.2, 0) is 11.0 Å². The number of hydrogen-bond acceptors (Lipinski definition) is 4. The zero-order valence-corrected chi connectivity index (χ0v) is 12.7. The maximum atomic E-state index is 12.6. The smallest absolute Gasteiger partial charge is 0.369 e. The van der Waals surface area contributed by atoms with Gasteiger partial charge in [-0.05, 0) is 24.6 Å². The second-order valence-corrected chi connectivity index (χ2v) is 5.62. The van der Waals surface area contributed by atoms with Gasteiger partial charge in [0.1, 0.15) is 0 Å². The Bertz CT molecular complexity index is 667. The number of alkyl halides is 3. The molecular formula is C14H14F3N3OS. The summed E-state index contributed by atoms with van der Waals surface area (Å²) in [4.78, 5) is 16.3. The summed E-state index contributed by atoms with van der Waals surface area (Å²) in [5, 5.41) is 1.22. The van der Waals surface area contributed by atoms with Crippen molar-refractivity contribution in [2.45, 2.75) is 19.0 Å². The molecule has 1 aromatic heterocycles. The molecule has 0 saturated heterocycles. The molecule has 0 aliphatic heterocycles. The van der Waals surface area contributed by atoms with Crippen molar-refractivity contribution in [2.75, 3.05) is 11.9 Å². The number of anilines is 2. The van der Waals surface area contributed by atoms with Gasteiger partial charge in [-0.1, -0.05) is 12.1 Å². The average molecular weight is 329 g/mol. The minimum atomic E-state index is -4.45. The van der Waals surface area contributed by atoms with Crippen molar-refractivity contribution in [2.24, 2.45) is 5.73 Å². The Balaban J connectivity index is 2.21. The van der Waals surface area contributed by atoms with Gasteiger partial charge in [-0.25, -0.2) is 4.98 Å². The molecule has 4 nitrogen and oxygen atoms in total. The molecule has 22 heavy (non-hydrogen) atoms. The van der Waals surface area contributed by atoms with Crippen LogP contribution in [0.3, 0.4) is 0 Å². The Morgan fingerprint density at radius 1 is 1.32 bits per heavy atom. The Hall–Kier alpha value is -2.09. The molecule has 0 bridgehead atoms. The van der Waals surface area contributed by atoms with Crippen molar-refractivity contribution >= 4 is 28.1 Å². The van der Waals surface area contributed by atoms with Crippen molar-refractivity contribution in [1.82, 2.24) is 4.98 Å². The van der Waals surface area contributed by atoms with Gasteiger partial charge in [0.05, 0.1) is 5.92 Å². The number of aromatic nitrogens is 1. The van der Waals surface area contributed by atoms with Crippen LogP contribution in [-0.4, -0.2) is 17.9 Å². The summed E-state index contributed by atoms with van der Waals surface area (Å²) in [6.07, 6.45) is -4.45. The number of nitrogens with zero attached hydrogens (tertiary/aromatic N) is 2. The van der Waals surface area contributed by atoms with Gasteiger partial charge in [0.25, 0.3) is 0 Å². The number of carbonyl (C=O) groups excluding carboxylic acids is 1. The predicted molar refractivity (Wildman–Crippen MR) is 79.2 cm³/mol. The topological polar surface area (TPSA) is 59.2 Å². The molecule has 1 aromatic carbocycles. The highest BCUT2D eigenvalue weighted by Gasteiger charge is 2.34. The lowest BCUT2D eigenvalue weighted by Gasteiger charge is -2.17. The lowest BCUT2D eigenvalue weighted by Crippen LogP contribution is -2.18. The Morgan fingerprint density at radius 2 is 1.91 bits per heavy atom. The maximum Gasteiger partial charge on any atom is 0.434 e. The highest BCUT2D eigenvalue weighted by atomic mass is 32.1. The molecule has 0 spiro atoms. The third kappa shape index (κ3) is 3.38. The van der Waals surface area contributed by atoms with Crippen LogP contribution in [0.4, 0.5) is 24.0 Å². The normalized spacial score (nSPS) is 13.0. The zero-order valence-electron chi connectivity index (χ0n) is 11.9. The van der Waals surface area contributed by atoms with Crippen molar-refractivity contribution in [3.8, 4) is 0 Å². The number of nitrogens with two attached hydrogens (primary N) is 1. The van der Waals surface area contributed by atoms with E-state index in [9.17, 15) is 18.0 Å². The van der Waals surface area contributed by atoms with E-state index in [4.69, 9.17) is 5.73 Å². The molecule has 0 radical (unpaired) electrons. The first-order valence-corrected chi connectivity index (χ1v) is 7.24. The van der Waals surface area contributed by atoms with Crippen LogP contribution in [0.15, 0.2) is 29.6 Å². The summed E-state index contributed by atoms with van der Waals surface area (Å²) in [5.41, 5.74) is 5.75. The standard InChI is InChI=1S/C14H14F3N3OS/c1-8(12(18)21)9-3-5-10(6-4-9)20(2)13-19-11(7-22-13)14(15,16)17/h3-8H,1-2H3,(H2,18,21). The number of benzene rings is 1. The van der Waals surface area contributed by atoms with E-state index in [-0.39, 0.29) is 5.13 Å². The lowest BCUT2D eigenvalue weighted by molar-refractivity contribution is -0.140. The first kappa shape index (κ1) is 16.3. The molecule has 1 unspecified atom stereocenters. The van der Waals surface area contributed by atoms with E-state index in [1.54, 1.807) is 43.1 Å². The van der Waals surface area contributed by atoms with Gasteiger partial charge in [-0.2, -0.15) is 13.2 Å². The minimum absolute atomic E-state index is 0.239. The molecule has 0 aliphatic carbocycles. The molecule has 2 aromatic rings. The van der Waals surface area contributed by atoms with Gasteiger partial charge in [0, 0.05) is 18.1 Å². The third-order valence-corrected chi connectivity index (χ3v) is 4.19. The van der Waals surface area contributed by atoms with Gasteiger partial charge in [-0.15, -0.1) is 11.3 Å². The number of carbonyl (C=O) groups is 1. The molecule has 118 valence electrons. The number of hydrogen-bond donors (Lipinski definition) is 1. The first-order chi connectivity index (χ1) is 10.2. The molecule has 0 aliphatic rings. The van der Waals surface area contributed by atoms with Gasteiger partial charge < -0.3 is 10.6 Å². The fourth-order valence-corrected chi connectivity index (χ4v) is 2.63. The van der Waals surface area contributed by atoms with Gasteiger partial charge in [0.2, 0.25) is 5.91 Å². The third-order valence-electron chi connectivity index (χ3n) is 3.28. The predicted octanol–water partition coefficient (Wildman–Crippen LogP) is 3.52. The quantitative estimate of drug-likeness (QED) is 0.934. The second-order valence-electron chi connectivity index (χ2n) is 4.79. The van der Waals surface area contributed by atoms with Crippen LogP contribution in [0.5, 0.6) is 0 Å². The lowest BCUT2D eigenvalue weighted by atomic mass is 10.0. The largest absolute Gasteiger partial charge is 0.434 e. The highest BCUT2D eigenvalue weighted by molar-refractivity contribution is 7.13. The summed E-state index contributed by atoms with van der Waals surface area (Å²) in [6, 6.07) is 6.87. The van der Waals surface area contributed by atoms with E-state index >= 15 is 0 Å². The SMILES string of the molecule is CC(C(N)=O)c1ccc(N(C)c2nc(C(F)(F)F)cs2)cc1.